The molecule has 0 aliphatic heterocycles. The molecule has 0 aliphatic rings. The molecule has 0 spiro atoms. The number of benzene rings is 4. The van der Waals surface area contributed by atoms with E-state index in [-0.39, 0.29) is 5.28 Å². The first-order valence-corrected chi connectivity index (χ1v) is 12.7. The SMILES string of the molecule is Clc1nc(-c2ccc(-c3nccc4ccccc34)cc2)nc(-c2ccc3sc4ccccc4c3c2)n1. The van der Waals surface area contributed by atoms with Crippen LogP contribution in [-0.2, 0) is 0 Å². The second-order valence-corrected chi connectivity index (χ2v) is 9.94. The topological polar surface area (TPSA) is 51.6 Å². The third kappa shape index (κ3) is 3.61. The van der Waals surface area contributed by atoms with E-state index in [2.05, 4.69) is 63.5 Å². The minimum Gasteiger partial charge on any atom is -0.256 e. The van der Waals surface area contributed by atoms with E-state index < -0.39 is 0 Å². The predicted molar refractivity (Wildman–Crippen MR) is 149 cm³/mol. The van der Waals surface area contributed by atoms with Gasteiger partial charge in [0.15, 0.2) is 11.6 Å². The van der Waals surface area contributed by atoms with Gasteiger partial charge in [-0.3, -0.25) is 4.98 Å². The molecule has 4 nitrogen and oxygen atoms in total. The average Bonchev–Trinajstić information content (AvgIpc) is 3.30. The fraction of sp³-hybridized carbons (Fsp3) is 0. The van der Waals surface area contributed by atoms with E-state index in [1.165, 1.54) is 20.2 Å². The van der Waals surface area contributed by atoms with Gasteiger partial charge in [0.05, 0.1) is 5.69 Å². The second-order valence-electron chi connectivity index (χ2n) is 8.52. The number of pyridine rings is 1. The number of halogens is 1. The van der Waals surface area contributed by atoms with Gasteiger partial charge in [-0.2, -0.15) is 9.97 Å². The molecule has 0 atom stereocenters. The van der Waals surface area contributed by atoms with E-state index in [9.17, 15) is 0 Å². The van der Waals surface area contributed by atoms with Crippen LogP contribution in [0.5, 0.6) is 0 Å². The van der Waals surface area contributed by atoms with Crippen LogP contribution in [0, 0.1) is 0 Å². The Morgan fingerprint density at radius 3 is 2.08 bits per heavy atom. The number of rotatable bonds is 3. The zero-order valence-corrected chi connectivity index (χ0v) is 20.5. The van der Waals surface area contributed by atoms with Gasteiger partial charge in [0, 0.05) is 48.4 Å². The van der Waals surface area contributed by atoms with E-state index in [0.29, 0.717) is 11.6 Å². The number of fused-ring (bicyclic) bond motifs is 4. The minimum atomic E-state index is 0.171. The summed E-state index contributed by atoms with van der Waals surface area (Å²) in [5, 5.41) is 4.88. The number of hydrogen-bond acceptors (Lipinski definition) is 5. The Hall–Kier alpha value is -4.19. The molecule has 0 unspecified atom stereocenters. The maximum absolute atomic E-state index is 6.36. The Labute approximate surface area is 215 Å². The highest BCUT2D eigenvalue weighted by molar-refractivity contribution is 7.25. The average molecular weight is 501 g/mol. The van der Waals surface area contributed by atoms with Gasteiger partial charge in [-0.05, 0) is 47.3 Å². The Kier molecular flexibility index (Phi) is 4.98. The summed E-state index contributed by atoms with van der Waals surface area (Å²) in [7, 11) is 0. The van der Waals surface area contributed by atoms with Crippen LogP contribution in [0.4, 0.5) is 0 Å². The molecule has 0 N–H and O–H groups in total. The molecule has 0 fully saturated rings. The van der Waals surface area contributed by atoms with Gasteiger partial charge in [0.1, 0.15) is 0 Å². The van der Waals surface area contributed by atoms with Crippen LogP contribution in [0.2, 0.25) is 5.28 Å². The van der Waals surface area contributed by atoms with E-state index in [1.54, 1.807) is 11.3 Å². The molecular weight excluding hydrogens is 484 g/mol. The van der Waals surface area contributed by atoms with Gasteiger partial charge in [0.2, 0.25) is 5.28 Å². The van der Waals surface area contributed by atoms with Crippen molar-refractivity contribution >= 4 is 53.9 Å². The van der Waals surface area contributed by atoms with Crippen molar-refractivity contribution < 1.29 is 0 Å². The summed E-state index contributed by atoms with van der Waals surface area (Å²) in [6, 6.07) is 33.1. The van der Waals surface area contributed by atoms with Gasteiger partial charge in [-0.1, -0.05) is 66.7 Å². The lowest BCUT2D eigenvalue weighted by atomic mass is 10.0. The third-order valence-electron chi connectivity index (χ3n) is 6.33. The molecule has 0 saturated heterocycles. The predicted octanol–water partition coefficient (Wildman–Crippen LogP) is 8.44. The highest BCUT2D eigenvalue weighted by Gasteiger charge is 2.13. The van der Waals surface area contributed by atoms with E-state index in [1.807, 2.05) is 54.7 Å². The fourth-order valence-electron chi connectivity index (χ4n) is 4.60. The smallest absolute Gasteiger partial charge is 0.226 e. The fourth-order valence-corrected chi connectivity index (χ4v) is 5.85. The van der Waals surface area contributed by atoms with Crippen LogP contribution in [-0.4, -0.2) is 19.9 Å². The summed E-state index contributed by atoms with van der Waals surface area (Å²) in [4.78, 5) is 18.3. The number of hydrogen-bond donors (Lipinski definition) is 0. The zero-order valence-electron chi connectivity index (χ0n) is 18.9. The standard InChI is InChI=1S/C30H17ClN4S/c31-30-34-28(20-11-9-19(10-12-20)27-22-6-2-1-5-18(22)15-16-32-27)33-29(35-30)21-13-14-26-24(17-21)23-7-3-4-8-25(23)36-26/h1-17H. The van der Waals surface area contributed by atoms with Crippen LogP contribution in [0.25, 0.3) is 65.0 Å². The first kappa shape index (κ1) is 21.1. The summed E-state index contributed by atoms with van der Waals surface area (Å²) >= 11 is 8.15. The summed E-state index contributed by atoms with van der Waals surface area (Å²) in [5.41, 5.74) is 3.76. The molecule has 7 rings (SSSR count). The van der Waals surface area contributed by atoms with Gasteiger partial charge >= 0.3 is 0 Å². The van der Waals surface area contributed by atoms with Crippen molar-refractivity contribution in [3.8, 4) is 34.0 Å². The number of aromatic nitrogens is 4. The number of nitrogens with zero attached hydrogens (tertiary/aromatic N) is 4. The van der Waals surface area contributed by atoms with Gasteiger partial charge < -0.3 is 0 Å². The quantitative estimate of drug-likeness (QED) is 0.244. The van der Waals surface area contributed by atoms with Crippen LogP contribution in [0.15, 0.2) is 103 Å². The molecule has 6 heteroatoms. The lowest BCUT2D eigenvalue weighted by Crippen LogP contribution is -1.97. The molecule has 3 heterocycles. The molecule has 7 aromatic rings. The molecule has 0 amide bonds. The molecule has 3 aromatic heterocycles. The molecule has 0 bridgehead atoms. The maximum Gasteiger partial charge on any atom is 0.226 e. The first-order valence-electron chi connectivity index (χ1n) is 11.5. The van der Waals surface area contributed by atoms with Crippen molar-refractivity contribution in [1.82, 2.24) is 19.9 Å². The van der Waals surface area contributed by atoms with Crippen molar-refractivity contribution in [2.75, 3.05) is 0 Å². The van der Waals surface area contributed by atoms with Gasteiger partial charge in [-0.15, -0.1) is 11.3 Å². The third-order valence-corrected chi connectivity index (χ3v) is 7.65. The summed E-state index contributed by atoms with van der Waals surface area (Å²) in [5.74, 6) is 1.10. The van der Waals surface area contributed by atoms with Crippen LogP contribution in [0.3, 0.4) is 0 Å². The summed E-state index contributed by atoms with van der Waals surface area (Å²) < 4.78 is 2.50. The largest absolute Gasteiger partial charge is 0.256 e. The normalized spacial score (nSPS) is 11.5. The zero-order chi connectivity index (χ0) is 24.1. The molecule has 0 aliphatic carbocycles. The van der Waals surface area contributed by atoms with Gasteiger partial charge in [0.25, 0.3) is 0 Å². The maximum atomic E-state index is 6.36. The molecule has 0 saturated carbocycles. The van der Waals surface area contributed by atoms with Crippen LogP contribution < -0.4 is 0 Å². The van der Waals surface area contributed by atoms with E-state index in [4.69, 9.17) is 16.6 Å². The second kappa shape index (κ2) is 8.48. The summed E-state index contributed by atoms with van der Waals surface area (Å²) in [6.07, 6.45) is 1.84. The Morgan fingerprint density at radius 1 is 0.556 bits per heavy atom. The lowest BCUT2D eigenvalue weighted by molar-refractivity contribution is 1.07. The molecule has 170 valence electrons. The minimum absolute atomic E-state index is 0.171. The highest BCUT2D eigenvalue weighted by Crippen LogP contribution is 2.36. The molecule has 0 radical (unpaired) electrons. The number of thiophene rings is 1. The monoisotopic (exact) mass is 500 g/mol. The Bertz CT molecular complexity index is 1910. The molecule has 36 heavy (non-hydrogen) atoms. The van der Waals surface area contributed by atoms with Crippen molar-refractivity contribution in [1.29, 1.82) is 0 Å². The lowest BCUT2D eigenvalue weighted by Gasteiger charge is -2.08. The molecular formula is C30H17ClN4S. The highest BCUT2D eigenvalue weighted by atomic mass is 35.5. The first-order chi connectivity index (χ1) is 17.7. The van der Waals surface area contributed by atoms with E-state index >= 15 is 0 Å². The van der Waals surface area contributed by atoms with Gasteiger partial charge in [-0.25, -0.2) is 4.98 Å². The summed E-state index contributed by atoms with van der Waals surface area (Å²) in [6.45, 7) is 0. The van der Waals surface area contributed by atoms with Crippen LogP contribution >= 0.6 is 22.9 Å². The van der Waals surface area contributed by atoms with Crippen molar-refractivity contribution in [3.05, 3.63) is 109 Å². The Balaban J connectivity index is 1.29. The van der Waals surface area contributed by atoms with Crippen LogP contribution in [0.1, 0.15) is 0 Å². The van der Waals surface area contributed by atoms with Crippen molar-refractivity contribution in [2.45, 2.75) is 0 Å². The Morgan fingerprint density at radius 2 is 1.22 bits per heavy atom. The van der Waals surface area contributed by atoms with Crippen molar-refractivity contribution in [2.24, 2.45) is 0 Å². The van der Waals surface area contributed by atoms with E-state index in [0.717, 1.165) is 33.2 Å². The molecule has 4 aromatic carbocycles. The van der Waals surface area contributed by atoms with Crippen molar-refractivity contribution in [3.63, 3.8) is 0 Å².